The first-order valence-electron chi connectivity index (χ1n) is 8.32. The molecular weight excluding hydrogens is 398 g/mol. The van der Waals surface area contributed by atoms with E-state index in [2.05, 4.69) is 15.5 Å². The van der Waals surface area contributed by atoms with Gasteiger partial charge in [-0.15, -0.1) is 10.2 Å². The van der Waals surface area contributed by atoms with E-state index in [4.69, 9.17) is 16.3 Å². The van der Waals surface area contributed by atoms with Gasteiger partial charge in [-0.3, -0.25) is 10.1 Å². The monoisotopic (exact) mass is 413 g/mol. The number of halogens is 1. The molecule has 0 aliphatic heterocycles. The number of aryl methyl sites for hydroxylation is 1. The Hall–Kier alpha value is -3.15. The largest absolute Gasteiger partial charge is 0.495 e. The fourth-order valence-corrected chi connectivity index (χ4v) is 3.39. The molecule has 0 saturated heterocycles. The van der Waals surface area contributed by atoms with Crippen LogP contribution < -0.4 is 10.1 Å². The van der Waals surface area contributed by atoms with Crippen molar-refractivity contribution < 1.29 is 9.53 Å². The van der Waals surface area contributed by atoms with Crippen molar-refractivity contribution in [3.05, 3.63) is 57.8 Å². The van der Waals surface area contributed by atoms with Crippen molar-refractivity contribution in [2.24, 2.45) is 0 Å². The molecule has 0 atom stereocenters. The van der Waals surface area contributed by atoms with Crippen LogP contribution in [-0.4, -0.2) is 27.8 Å². The number of carbonyl (C=O) groups is 1. The summed E-state index contributed by atoms with van der Waals surface area (Å²) < 4.78 is 6.98. The van der Waals surface area contributed by atoms with Crippen LogP contribution in [0.4, 0.5) is 5.13 Å². The second-order valence-electron chi connectivity index (χ2n) is 5.60. The molecule has 0 aliphatic carbocycles. The van der Waals surface area contributed by atoms with Crippen molar-refractivity contribution in [1.82, 2.24) is 14.8 Å². The highest BCUT2D eigenvalue weighted by Gasteiger charge is 2.14. The van der Waals surface area contributed by atoms with E-state index in [1.165, 1.54) is 17.4 Å². The van der Waals surface area contributed by atoms with Crippen LogP contribution in [0.5, 0.6) is 5.75 Å². The van der Waals surface area contributed by atoms with Gasteiger partial charge in [-0.1, -0.05) is 29.9 Å². The number of nitriles is 1. The first kappa shape index (κ1) is 19.6. The number of hydrogen-bond donors (Lipinski definition) is 1. The van der Waals surface area contributed by atoms with Crippen LogP contribution in [0.1, 0.15) is 17.6 Å². The van der Waals surface area contributed by atoms with Gasteiger partial charge in [0.1, 0.15) is 22.4 Å². The minimum atomic E-state index is -0.540. The number of ether oxygens (including phenoxy) is 1. The molecule has 0 saturated carbocycles. The lowest BCUT2D eigenvalue weighted by atomic mass is 10.2. The van der Waals surface area contributed by atoms with E-state index >= 15 is 0 Å². The maximum absolute atomic E-state index is 12.4. The molecule has 1 amide bonds. The van der Waals surface area contributed by atoms with Gasteiger partial charge in [0.2, 0.25) is 5.13 Å². The van der Waals surface area contributed by atoms with E-state index < -0.39 is 5.91 Å². The van der Waals surface area contributed by atoms with Crippen molar-refractivity contribution in [2.45, 2.75) is 13.3 Å². The molecule has 7 nitrogen and oxygen atoms in total. The lowest BCUT2D eigenvalue weighted by Gasteiger charge is -2.10. The van der Waals surface area contributed by atoms with Crippen LogP contribution in [-0.2, 0) is 11.2 Å². The number of benzene rings is 1. The number of aromatic nitrogens is 3. The first-order chi connectivity index (χ1) is 13.5. The van der Waals surface area contributed by atoms with Crippen molar-refractivity contribution >= 4 is 40.1 Å². The molecule has 3 aromatic rings. The number of rotatable bonds is 6. The minimum Gasteiger partial charge on any atom is -0.495 e. The molecular formula is C19H16ClN5O2S. The molecule has 9 heteroatoms. The fraction of sp³-hybridized carbons (Fsp3) is 0.158. The number of nitrogens with one attached hydrogen (secondary N) is 1. The molecule has 28 heavy (non-hydrogen) atoms. The second kappa shape index (κ2) is 8.69. The summed E-state index contributed by atoms with van der Waals surface area (Å²) in [5.41, 5.74) is 1.38. The van der Waals surface area contributed by atoms with Gasteiger partial charge in [-0.05, 0) is 42.8 Å². The predicted molar refractivity (Wildman–Crippen MR) is 109 cm³/mol. The summed E-state index contributed by atoms with van der Waals surface area (Å²) in [5, 5.41) is 21.5. The average Bonchev–Trinajstić information content (AvgIpc) is 3.35. The maximum atomic E-state index is 12.4. The van der Waals surface area contributed by atoms with Crippen LogP contribution in [0.2, 0.25) is 5.02 Å². The molecule has 0 unspecified atom stereocenters. The van der Waals surface area contributed by atoms with Gasteiger partial charge < -0.3 is 9.30 Å². The number of hydrogen-bond acceptors (Lipinski definition) is 6. The molecule has 2 aromatic heterocycles. The van der Waals surface area contributed by atoms with Gasteiger partial charge in [0.05, 0.1) is 12.1 Å². The number of amides is 1. The number of nitrogens with zero attached hydrogens (tertiary/aromatic N) is 4. The average molecular weight is 414 g/mol. The van der Waals surface area contributed by atoms with Gasteiger partial charge >= 0.3 is 0 Å². The molecule has 0 fully saturated rings. The van der Waals surface area contributed by atoms with Gasteiger partial charge in [-0.25, -0.2) is 0 Å². The lowest BCUT2D eigenvalue weighted by molar-refractivity contribution is -0.112. The molecule has 3 rings (SSSR count). The Morgan fingerprint density at radius 2 is 2.25 bits per heavy atom. The third-order valence-electron chi connectivity index (χ3n) is 3.84. The summed E-state index contributed by atoms with van der Waals surface area (Å²) in [6, 6.07) is 10.9. The summed E-state index contributed by atoms with van der Waals surface area (Å²) in [6.45, 7) is 1.95. The highest BCUT2D eigenvalue weighted by molar-refractivity contribution is 7.15. The van der Waals surface area contributed by atoms with Crippen LogP contribution in [0.3, 0.4) is 0 Å². The van der Waals surface area contributed by atoms with Gasteiger partial charge in [0.15, 0.2) is 0 Å². The highest BCUT2D eigenvalue weighted by atomic mass is 35.5. The Bertz CT molecular complexity index is 1080. The summed E-state index contributed by atoms with van der Waals surface area (Å²) in [6.07, 6.45) is 4.05. The van der Waals surface area contributed by atoms with E-state index in [1.807, 2.05) is 35.9 Å². The zero-order valence-corrected chi connectivity index (χ0v) is 16.7. The highest BCUT2D eigenvalue weighted by Crippen LogP contribution is 2.28. The molecule has 1 N–H and O–H groups in total. The minimum absolute atomic E-state index is 0.0483. The Labute approximate surface area is 170 Å². The number of carbonyl (C=O) groups excluding carboxylic acids is 1. The fourth-order valence-electron chi connectivity index (χ4n) is 2.46. The summed E-state index contributed by atoms with van der Waals surface area (Å²) in [5.74, 6) is 0.0251. The van der Waals surface area contributed by atoms with Crippen molar-refractivity contribution in [2.75, 3.05) is 12.4 Å². The molecule has 1 aromatic carbocycles. The lowest BCUT2D eigenvalue weighted by Crippen LogP contribution is -2.13. The number of methoxy groups -OCH3 is 1. The Kier molecular flexibility index (Phi) is 6.09. The molecule has 0 spiro atoms. The van der Waals surface area contributed by atoms with Gasteiger partial charge in [0, 0.05) is 17.6 Å². The quantitative estimate of drug-likeness (QED) is 0.485. The standard InChI is InChI=1S/C19H16ClN5O2S/c1-3-17-23-24-19(28-17)22-18(26)12(11-21)9-13-5-4-8-25(13)14-6-7-16(27-2)15(20)10-14/h4-10H,3H2,1-2H3,(H,22,24,26). The Morgan fingerprint density at radius 3 is 2.89 bits per heavy atom. The van der Waals surface area contributed by atoms with Crippen LogP contribution in [0, 0.1) is 11.3 Å². The van der Waals surface area contributed by atoms with E-state index in [9.17, 15) is 10.1 Å². The van der Waals surface area contributed by atoms with E-state index in [1.54, 1.807) is 25.3 Å². The summed E-state index contributed by atoms with van der Waals surface area (Å²) >= 11 is 7.48. The smallest absolute Gasteiger partial charge is 0.268 e. The maximum Gasteiger partial charge on any atom is 0.268 e. The third kappa shape index (κ3) is 4.22. The van der Waals surface area contributed by atoms with Crippen molar-refractivity contribution in [3.8, 4) is 17.5 Å². The summed E-state index contributed by atoms with van der Waals surface area (Å²) in [4.78, 5) is 12.4. The topological polar surface area (TPSA) is 92.8 Å². The van der Waals surface area contributed by atoms with Crippen LogP contribution in [0.25, 0.3) is 11.8 Å². The molecule has 0 bridgehead atoms. The van der Waals surface area contributed by atoms with E-state index in [-0.39, 0.29) is 5.57 Å². The zero-order chi connectivity index (χ0) is 20.1. The normalized spacial score (nSPS) is 11.1. The second-order valence-corrected chi connectivity index (χ2v) is 7.07. The van der Waals surface area contributed by atoms with Gasteiger partial charge in [-0.2, -0.15) is 5.26 Å². The molecule has 0 aliphatic rings. The molecule has 2 heterocycles. The summed E-state index contributed by atoms with van der Waals surface area (Å²) in [7, 11) is 1.55. The van der Waals surface area contributed by atoms with Crippen LogP contribution >= 0.6 is 22.9 Å². The van der Waals surface area contributed by atoms with Crippen molar-refractivity contribution in [3.63, 3.8) is 0 Å². The molecule has 142 valence electrons. The van der Waals surface area contributed by atoms with E-state index in [0.29, 0.717) is 21.6 Å². The SMILES string of the molecule is CCc1nnc(NC(=O)C(C#N)=Cc2cccn2-c2ccc(OC)c(Cl)c2)s1. The molecule has 0 radical (unpaired) electrons. The van der Waals surface area contributed by atoms with Crippen LogP contribution in [0.15, 0.2) is 42.1 Å². The van der Waals surface area contributed by atoms with Gasteiger partial charge in [0.25, 0.3) is 5.91 Å². The third-order valence-corrected chi connectivity index (χ3v) is 5.12. The Morgan fingerprint density at radius 1 is 1.43 bits per heavy atom. The predicted octanol–water partition coefficient (Wildman–Crippen LogP) is 4.10. The first-order valence-corrected chi connectivity index (χ1v) is 9.52. The Balaban J connectivity index is 1.87. The van der Waals surface area contributed by atoms with E-state index in [0.717, 1.165) is 17.1 Å². The zero-order valence-electron chi connectivity index (χ0n) is 15.1. The number of anilines is 1. The van der Waals surface area contributed by atoms with Crippen molar-refractivity contribution in [1.29, 1.82) is 5.26 Å².